The van der Waals surface area contributed by atoms with Crippen molar-refractivity contribution in [3.63, 3.8) is 0 Å². The Labute approximate surface area is 89.4 Å². The summed E-state index contributed by atoms with van der Waals surface area (Å²) in [7, 11) is 1.58. The van der Waals surface area contributed by atoms with E-state index in [1.54, 1.807) is 14.2 Å². The number of hydrogen-bond acceptors (Lipinski definition) is 3. The van der Waals surface area contributed by atoms with Crippen LogP contribution in [0.2, 0.25) is 12.6 Å². The highest BCUT2D eigenvalue weighted by Gasteiger charge is 2.36. The highest BCUT2D eigenvalue weighted by atomic mass is 28.4. The summed E-state index contributed by atoms with van der Waals surface area (Å²) in [5.74, 6) is 0. The van der Waals surface area contributed by atoms with Gasteiger partial charge in [-0.1, -0.05) is 20.8 Å². The standard InChI is InChI=1S/C10H25NO2Si/c1-7-11-8-10(2,3)9-14(6,12-4)13-5/h11H,7-9H2,1-6H3. The van der Waals surface area contributed by atoms with Crippen molar-refractivity contribution in [2.24, 2.45) is 5.41 Å². The summed E-state index contributed by atoms with van der Waals surface area (Å²) >= 11 is 0. The molecule has 0 aromatic heterocycles. The van der Waals surface area contributed by atoms with Gasteiger partial charge in [-0.2, -0.15) is 0 Å². The monoisotopic (exact) mass is 219 g/mol. The third kappa shape index (κ3) is 5.10. The molecule has 1 N–H and O–H groups in total. The smallest absolute Gasteiger partial charge is 0.334 e. The minimum Gasteiger partial charge on any atom is -0.398 e. The third-order valence-electron chi connectivity index (χ3n) is 2.52. The molecule has 86 valence electrons. The van der Waals surface area contributed by atoms with Crippen LogP contribution in [0.1, 0.15) is 20.8 Å². The molecule has 0 aromatic rings. The number of nitrogens with one attached hydrogen (secondary N) is 1. The van der Waals surface area contributed by atoms with Gasteiger partial charge in [-0.15, -0.1) is 0 Å². The summed E-state index contributed by atoms with van der Waals surface area (Å²) in [6, 6.07) is 1.01. The van der Waals surface area contributed by atoms with Crippen molar-refractivity contribution >= 4 is 8.56 Å². The van der Waals surface area contributed by atoms with E-state index in [0.29, 0.717) is 0 Å². The van der Waals surface area contributed by atoms with Crippen LogP contribution in [0.5, 0.6) is 0 Å². The Morgan fingerprint density at radius 3 is 2.07 bits per heavy atom. The van der Waals surface area contributed by atoms with E-state index in [9.17, 15) is 0 Å². The second-order valence-electron chi connectivity index (χ2n) is 4.66. The van der Waals surface area contributed by atoms with Crippen LogP contribution >= 0.6 is 0 Å². The molecule has 0 fully saturated rings. The Morgan fingerprint density at radius 1 is 1.21 bits per heavy atom. The second kappa shape index (κ2) is 5.85. The van der Waals surface area contributed by atoms with Gasteiger partial charge in [0.2, 0.25) is 0 Å². The molecule has 0 aliphatic heterocycles. The van der Waals surface area contributed by atoms with Crippen LogP contribution in [-0.2, 0) is 8.85 Å². The molecule has 0 radical (unpaired) electrons. The highest BCUT2D eigenvalue weighted by molar-refractivity contribution is 6.66. The van der Waals surface area contributed by atoms with Gasteiger partial charge in [0.25, 0.3) is 0 Å². The van der Waals surface area contributed by atoms with E-state index in [1.807, 2.05) is 0 Å². The largest absolute Gasteiger partial charge is 0.398 e. The van der Waals surface area contributed by atoms with E-state index in [0.717, 1.165) is 19.1 Å². The molecule has 0 saturated heterocycles. The third-order valence-corrected chi connectivity index (χ3v) is 5.84. The first-order valence-corrected chi connectivity index (χ1v) is 7.72. The van der Waals surface area contributed by atoms with Gasteiger partial charge in [0, 0.05) is 20.8 Å². The first-order chi connectivity index (χ1) is 6.39. The zero-order valence-corrected chi connectivity index (χ0v) is 11.4. The maximum Gasteiger partial charge on any atom is 0.334 e. The van der Waals surface area contributed by atoms with Crippen LogP contribution in [0, 0.1) is 5.41 Å². The lowest BCUT2D eigenvalue weighted by Crippen LogP contribution is -2.43. The number of rotatable bonds is 7. The average Bonchev–Trinajstić information content (AvgIpc) is 2.14. The maximum atomic E-state index is 5.49. The average molecular weight is 219 g/mol. The summed E-state index contributed by atoms with van der Waals surface area (Å²) in [4.78, 5) is 0. The van der Waals surface area contributed by atoms with Crippen molar-refractivity contribution in [3.8, 4) is 0 Å². The van der Waals surface area contributed by atoms with Crippen LogP contribution in [0.4, 0.5) is 0 Å². The molecule has 0 heterocycles. The van der Waals surface area contributed by atoms with E-state index < -0.39 is 8.56 Å². The molecule has 0 aliphatic carbocycles. The lowest BCUT2D eigenvalue weighted by atomic mass is 9.96. The summed E-state index contributed by atoms with van der Waals surface area (Å²) in [5, 5.41) is 3.37. The summed E-state index contributed by atoms with van der Waals surface area (Å²) in [6.07, 6.45) is 0. The van der Waals surface area contributed by atoms with E-state index in [2.05, 4.69) is 32.6 Å². The summed E-state index contributed by atoms with van der Waals surface area (Å²) in [5.41, 5.74) is 0.239. The minimum absolute atomic E-state index is 0.239. The quantitative estimate of drug-likeness (QED) is 0.664. The van der Waals surface area contributed by atoms with Gasteiger partial charge in [-0.05, 0) is 24.6 Å². The van der Waals surface area contributed by atoms with Crippen LogP contribution in [0.15, 0.2) is 0 Å². The molecule has 0 amide bonds. The van der Waals surface area contributed by atoms with Crippen LogP contribution in [-0.4, -0.2) is 35.9 Å². The fourth-order valence-electron chi connectivity index (χ4n) is 1.62. The fraction of sp³-hybridized carbons (Fsp3) is 1.00. The molecular weight excluding hydrogens is 194 g/mol. The summed E-state index contributed by atoms with van der Waals surface area (Å²) in [6.45, 7) is 10.8. The Hall–Kier alpha value is 0.0969. The molecule has 0 atom stereocenters. The van der Waals surface area contributed by atoms with Gasteiger partial charge in [-0.3, -0.25) is 0 Å². The van der Waals surface area contributed by atoms with Crippen molar-refractivity contribution < 1.29 is 8.85 Å². The SMILES string of the molecule is CCNCC(C)(C)C[Si](C)(OC)OC. The highest BCUT2D eigenvalue weighted by Crippen LogP contribution is 2.28. The lowest BCUT2D eigenvalue weighted by molar-refractivity contribution is 0.225. The molecular formula is C10H25NO2Si. The summed E-state index contributed by atoms with van der Waals surface area (Å²) < 4.78 is 11.0. The normalized spacial score (nSPS) is 13.3. The second-order valence-corrected chi connectivity index (χ2v) is 8.10. The maximum absolute atomic E-state index is 5.49. The topological polar surface area (TPSA) is 30.5 Å². The molecule has 0 unspecified atom stereocenters. The van der Waals surface area contributed by atoms with E-state index in [4.69, 9.17) is 8.85 Å². The van der Waals surface area contributed by atoms with Gasteiger partial charge in [0.15, 0.2) is 0 Å². The predicted molar refractivity (Wildman–Crippen MR) is 62.8 cm³/mol. The minimum atomic E-state index is -1.92. The van der Waals surface area contributed by atoms with Gasteiger partial charge in [0.05, 0.1) is 0 Å². The Bertz CT molecular complexity index is 158. The molecule has 0 aromatic carbocycles. The Kier molecular flexibility index (Phi) is 5.89. The van der Waals surface area contributed by atoms with Gasteiger partial charge in [-0.25, -0.2) is 0 Å². The molecule has 14 heavy (non-hydrogen) atoms. The zero-order valence-electron chi connectivity index (χ0n) is 10.4. The molecule has 0 saturated carbocycles. The Morgan fingerprint density at radius 2 is 1.71 bits per heavy atom. The van der Waals surface area contributed by atoms with Crippen molar-refractivity contribution in [2.45, 2.75) is 33.4 Å². The molecule has 3 nitrogen and oxygen atoms in total. The van der Waals surface area contributed by atoms with Crippen molar-refractivity contribution in [3.05, 3.63) is 0 Å². The van der Waals surface area contributed by atoms with Crippen molar-refractivity contribution in [1.29, 1.82) is 0 Å². The first-order valence-electron chi connectivity index (χ1n) is 5.20. The van der Waals surface area contributed by atoms with Crippen LogP contribution in [0.25, 0.3) is 0 Å². The van der Waals surface area contributed by atoms with Gasteiger partial charge < -0.3 is 14.2 Å². The molecule has 4 heteroatoms. The molecule has 0 bridgehead atoms. The van der Waals surface area contributed by atoms with E-state index >= 15 is 0 Å². The van der Waals surface area contributed by atoms with Crippen molar-refractivity contribution in [2.75, 3.05) is 27.3 Å². The fourth-order valence-corrected chi connectivity index (χ4v) is 3.94. The van der Waals surface area contributed by atoms with E-state index in [1.165, 1.54) is 0 Å². The number of hydrogen-bond donors (Lipinski definition) is 1. The van der Waals surface area contributed by atoms with E-state index in [-0.39, 0.29) is 5.41 Å². The van der Waals surface area contributed by atoms with Crippen molar-refractivity contribution in [1.82, 2.24) is 5.32 Å². The predicted octanol–water partition coefficient (Wildman–Crippen LogP) is 1.99. The van der Waals surface area contributed by atoms with Crippen LogP contribution < -0.4 is 5.32 Å². The van der Waals surface area contributed by atoms with Gasteiger partial charge in [0.1, 0.15) is 0 Å². The molecule has 0 rings (SSSR count). The van der Waals surface area contributed by atoms with Crippen LogP contribution in [0.3, 0.4) is 0 Å². The first kappa shape index (κ1) is 14.1. The molecule has 0 spiro atoms. The lowest BCUT2D eigenvalue weighted by Gasteiger charge is -2.33. The van der Waals surface area contributed by atoms with Gasteiger partial charge >= 0.3 is 8.56 Å². The Balaban J connectivity index is 4.17. The molecule has 0 aliphatic rings. The zero-order chi connectivity index (χ0) is 11.2.